The molecule has 1 N–H and O–H groups in total. The van der Waals surface area contributed by atoms with E-state index in [1.807, 2.05) is 42.2 Å². The van der Waals surface area contributed by atoms with E-state index < -0.39 is 0 Å². The lowest BCUT2D eigenvalue weighted by molar-refractivity contribution is -0.139. The van der Waals surface area contributed by atoms with Gasteiger partial charge < -0.3 is 10.2 Å². The van der Waals surface area contributed by atoms with E-state index in [-0.39, 0.29) is 23.8 Å². The SMILES string of the molecule is Cc1nc([C@@H]2CCCCN2C(=O)C2CCCC2)ncc1C(=O)NCc1ccccc1. The summed E-state index contributed by atoms with van der Waals surface area (Å²) in [6.07, 6.45) is 8.91. The molecule has 0 spiro atoms. The lowest BCUT2D eigenvalue weighted by Gasteiger charge is -2.36. The van der Waals surface area contributed by atoms with Gasteiger partial charge >= 0.3 is 0 Å². The number of nitrogens with one attached hydrogen (secondary N) is 1. The molecule has 1 atom stereocenters. The molecule has 6 nitrogen and oxygen atoms in total. The lowest BCUT2D eigenvalue weighted by Crippen LogP contribution is -2.42. The second kappa shape index (κ2) is 9.37. The number of amides is 2. The maximum atomic E-state index is 13.1. The standard InChI is InChI=1S/C24H30N4O2/c1-17-20(23(29)26-15-18-9-3-2-4-10-18)16-25-22(27-17)21-13-7-8-14-28(21)24(30)19-11-5-6-12-19/h2-4,9-10,16,19,21H,5-8,11-15H2,1H3,(H,26,29)/t21-/m0/s1. The molecular formula is C24H30N4O2. The maximum Gasteiger partial charge on any atom is 0.254 e. The monoisotopic (exact) mass is 406 g/mol. The molecule has 30 heavy (non-hydrogen) atoms. The molecule has 0 unspecified atom stereocenters. The fourth-order valence-electron chi connectivity index (χ4n) is 4.61. The number of benzene rings is 1. The van der Waals surface area contributed by atoms with Gasteiger partial charge in [-0.05, 0) is 44.6 Å². The van der Waals surface area contributed by atoms with Gasteiger partial charge in [-0.2, -0.15) is 0 Å². The molecule has 1 saturated carbocycles. The summed E-state index contributed by atoms with van der Waals surface area (Å²) >= 11 is 0. The predicted octanol–water partition coefficient (Wildman–Crippen LogP) is 3.96. The molecule has 2 heterocycles. The van der Waals surface area contributed by atoms with Crippen molar-refractivity contribution in [2.45, 2.75) is 64.5 Å². The number of nitrogens with zero attached hydrogens (tertiary/aromatic N) is 3. The number of aryl methyl sites for hydroxylation is 1. The average Bonchev–Trinajstić information content (AvgIpc) is 3.32. The fourth-order valence-corrected chi connectivity index (χ4v) is 4.61. The molecule has 2 fully saturated rings. The molecule has 1 saturated heterocycles. The van der Waals surface area contributed by atoms with Gasteiger partial charge in [-0.25, -0.2) is 9.97 Å². The zero-order chi connectivity index (χ0) is 20.9. The quantitative estimate of drug-likeness (QED) is 0.816. The fraction of sp³-hybridized carbons (Fsp3) is 0.500. The first-order chi connectivity index (χ1) is 14.6. The molecule has 158 valence electrons. The van der Waals surface area contributed by atoms with Crippen molar-refractivity contribution in [2.24, 2.45) is 5.92 Å². The Bertz CT molecular complexity index is 893. The van der Waals surface area contributed by atoms with Crippen LogP contribution in [0.5, 0.6) is 0 Å². The van der Waals surface area contributed by atoms with Gasteiger partial charge in [0.2, 0.25) is 5.91 Å². The zero-order valence-electron chi connectivity index (χ0n) is 17.6. The number of hydrogen-bond acceptors (Lipinski definition) is 4. The van der Waals surface area contributed by atoms with Gasteiger partial charge in [-0.1, -0.05) is 43.2 Å². The zero-order valence-corrected chi connectivity index (χ0v) is 17.6. The largest absolute Gasteiger partial charge is 0.348 e. The van der Waals surface area contributed by atoms with E-state index in [2.05, 4.69) is 15.3 Å². The van der Waals surface area contributed by atoms with Crippen molar-refractivity contribution in [3.05, 3.63) is 59.2 Å². The Morgan fingerprint density at radius 3 is 2.53 bits per heavy atom. The van der Waals surface area contributed by atoms with Crippen LogP contribution >= 0.6 is 0 Å². The van der Waals surface area contributed by atoms with Crippen molar-refractivity contribution < 1.29 is 9.59 Å². The predicted molar refractivity (Wildman–Crippen MR) is 115 cm³/mol. The van der Waals surface area contributed by atoms with Crippen molar-refractivity contribution >= 4 is 11.8 Å². The molecule has 4 rings (SSSR count). The molecule has 1 aliphatic carbocycles. The molecule has 1 aliphatic heterocycles. The summed E-state index contributed by atoms with van der Waals surface area (Å²) in [4.78, 5) is 36.9. The second-order valence-corrected chi connectivity index (χ2v) is 8.42. The summed E-state index contributed by atoms with van der Waals surface area (Å²) in [6, 6.07) is 9.74. The number of rotatable bonds is 5. The molecule has 1 aromatic heterocycles. The van der Waals surface area contributed by atoms with Gasteiger partial charge in [0, 0.05) is 25.2 Å². The summed E-state index contributed by atoms with van der Waals surface area (Å²) in [5.41, 5.74) is 2.19. The Balaban J connectivity index is 1.47. The van der Waals surface area contributed by atoms with Crippen LogP contribution in [0.1, 0.15) is 78.4 Å². The molecular weight excluding hydrogens is 376 g/mol. The van der Waals surface area contributed by atoms with Crippen LogP contribution in [0.15, 0.2) is 36.5 Å². The van der Waals surface area contributed by atoms with Crippen LogP contribution < -0.4 is 5.32 Å². The van der Waals surface area contributed by atoms with Crippen LogP contribution in [0, 0.1) is 12.8 Å². The van der Waals surface area contributed by atoms with Crippen molar-refractivity contribution in [3.63, 3.8) is 0 Å². The van der Waals surface area contributed by atoms with E-state index in [0.717, 1.165) is 57.1 Å². The minimum absolute atomic E-state index is 0.0769. The smallest absolute Gasteiger partial charge is 0.254 e. The van der Waals surface area contributed by atoms with E-state index >= 15 is 0 Å². The van der Waals surface area contributed by atoms with Crippen LogP contribution in [0.2, 0.25) is 0 Å². The van der Waals surface area contributed by atoms with Crippen molar-refractivity contribution in [1.29, 1.82) is 0 Å². The van der Waals surface area contributed by atoms with E-state index in [1.165, 1.54) is 0 Å². The number of hydrogen-bond donors (Lipinski definition) is 1. The van der Waals surface area contributed by atoms with Crippen LogP contribution in [0.25, 0.3) is 0 Å². The second-order valence-electron chi connectivity index (χ2n) is 8.42. The third-order valence-electron chi connectivity index (χ3n) is 6.33. The van der Waals surface area contributed by atoms with Gasteiger partial charge in [0.1, 0.15) is 0 Å². The number of piperidine rings is 1. The van der Waals surface area contributed by atoms with Crippen LogP contribution in [-0.2, 0) is 11.3 Å². The minimum atomic E-state index is -0.176. The van der Waals surface area contributed by atoms with E-state index in [1.54, 1.807) is 6.20 Å². The van der Waals surface area contributed by atoms with Crippen molar-refractivity contribution in [2.75, 3.05) is 6.54 Å². The minimum Gasteiger partial charge on any atom is -0.348 e. The average molecular weight is 407 g/mol. The number of likely N-dealkylation sites (tertiary alicyclic amines) is 1. The summed E-state index contributed by atoms with van der Waals surface area (Å²) in [7, 11) is 0. The Hall–Kier alpha value is -2.76. The molecule has 2 aliphatic rings. The van der Waals surface area contributed by atoms with E-state index in [4.69, 9.17) is 0 Å². The highest BCUT2D eigenvalue weighted by molar-refractivity contribution is 5.94. The summed E-state index contributed by atoms with van der Waals surface area (Å²) in [5.74, 6) is 0.918. The van der Waals surface area contributed by atoms with Crippen LogP contribution in [0.3, 0.4) is 0 Å². The highest BCUT2D eigenvalue weighted by Gasteiger charge is 2.35. The Morgan fingerprint density at radius 1 is 1.07 bits per heavy atom. The molecule has 0 radical (unpaired) electrons. The van der Waals surface area contributed by atoms with E-state index in [0.29, 0.717) is 23.6 Å². The first kappa shape index (κ1) is 20.5. The van der Waals surface area contributed by atoms with Crippen LogP contribution in [0.4, 0.5) is 0 Å². The molecule has 1 aromatic carbocycles. The number of aromatic nitrogens is 2. The molecule has 2 amide bonds. The molecule has 6 heteroatoms. The summed E-state index contributed by atoms with van der Waals surface area (Å²) in [6.45, 7) is 3.09. The summed E-state index contributed by atoms with van der Waals surface area (Å²) < 4.78 is 0. The van der Waals surface area contributed by atoms with Gasteiger partial charge in [-0.3, -0.25) is 9.59 Å². The van der Waals surface area contributed by atoms with Gasteiger partial charge in [-0.15, -0.1) is 0 Å². The van der Waals surface area contributed by atoms with Gasteiger partial charge in [0.25, 0.3) is 5.91 Å². The van der Waals surface area contributed by atoms with E-state index in [9.17, 15) is 9.59 Å². The topological polar surface area (TPSA) is 75.2 Å². The van der Waals surface area contributed by atoms with Crippen LogP contribution in [-0.4, -0.2) is 33.2 Å². The maximum absolute atomic E-state index is 13.1. The lowest BCUT2D eigenvalue weighted by atomic mass is 9.97. The van der Waals surface area contributed by atoms with Gasteiger partial charge in [0.05, 0.1) is 17.3 Å². The third kappa shape index (κ3) is 4.53. The molecule has 0 bridgehead atoms. The first-order valence-electron chi connectivity index (χ1n) is 11.1. The van der Waals surface area contributed by atoms with Gasteiger partial charge in [0.15, 0.2) is 5.82 Å². The normalized spacial score (nSPS) is 19.6. The highest BCUT2D eigenvalue weighted by atomic mass is 16.2. The van der Waals surface area contributed by atoms with Crippen molar-refractivity contribution in [3.8, 4) is 0 Å². The number of carbonyl (C=O) groups is 2. The molecule has 2 aromatic rings. The highest BCUT2D eigenvalue weighted by Crippen LogP contribution is 2.34. The Kier molecular flexibility index (Phi) is 6.41. The number of carbonyl (C=O) groups excluding carboxylic acids is 2. The summed E-state index contributed by atoms with van der Waals surface area (Å²) in [5, 5.41) is 2.94. The Labute approximate surface area is 178 Å². The first-order valence-corrected chi connectivity index (χ1v) is 11.1. The van der Waals surface area contributed by atoms with Crippen molar-refractivity contribution in [1.82, 2.24) is 20.2 Å². The Morgan fingerprint density at radius 2 is 1.80 bits per heavy atom. The third-order valence-corrected chi connectivity index (χ3v) is 6.33.